The molecule has 1 aliphatic heterocycles. The standard InChI is InChI=1S/C12H22N2O3/c1-13-11(15)7-5-9-14-8-4-3-6-10(14)12(16)17-2/h10H,3-9H2,1-2H3,(H,13,15). The first-order valence-electron chi connectivity index (χ1n) is 6.21. The van der Waals surface area contributed by atoms with Crippen molar-refractivity contribution in [3.05, 3.63) is 0 Å². The minimum Gasteiger partial charge on any atom is -0.468 e. The minimum atomic E-state index is -0.148. The molecule has 0 aromatic carbocycles. The van der Waals surface area contributed by atoms with Crippen LogP contribution in [0, 0.1) is 0 Å². The van der Waals surface area contributed by atoms with Gasteiger partial charge in [0.05, 0.1) is 7.11 Å². The van der Waals surface area contributed by atoms with Gasteiger partial charge in [0.15, 0.2) is 0 Å². The lowest BCUT2D eigenvalue weighted by molar-refractivity contribution is -0.148. The quantitative estimate of drug-likeness (QED) is 0.715. The van der Waals surface area contributed by atoms with Crippen molar-refractivity contribution in [1.29, 1.82) is 0 Å². The van der Waals surface area contributed by atoms with E-state index in [1.54, 1.807) is 7.05 Å². The van der Waals surface area contributed by atoms with E-state index in [9.17, 15) is 9.59 Å². The Labute approximate surface area is 102 Å². The zero-order chi connectivity index (χ0) is 12.7. The molecule has 0 radical (unpaired) electrons. The van der Waals surface area contributed by atoms with Gasteiger partial charge in [0.25, 0.3) is 0 Å². The molecule has 1 rings (SSSR count). The molecule has 5 nitrogen and oxygen atoms in total. The summed E-state index contributed by atoms with van der Waals surface area (Å²) in [6.07, 6.45) is 4.36. The van der Waals surface area contributed by atoms with Crippen molar-refractivity contribution < 1.29 is 14.3 Å². The van der Waals surface area contributed by atoms with Crippen molar-refractivity contribution in [1.82, 2.24) is 10.2 Å². The summed E-state index contributed by atoms with van der Waals surface area (Å²) in [5.41, 5.74) is 0. The number of esters is 1. The number of nitrogens with zero attached hydrogens (tertiary/aromatic N) is 1. The first kappa shape index (κ1) is 14.0. The van der Waals surface area contributed by atoms with Crippen LogP contribution in [0.3, 0.4) is 0 Å². The molecule has 1 heterocycles. The average Bonchev–Trinajstić information content (AvgIpc) is 2.38. The highest BCUT2D eigenvalue weighted by Crippen LogP contribution is 2.18. The van der Waals surface area contributed by atoms with Crippen LogP contribution in [0.1, 0.15) is 32.1 Å². The van der Waals surface area contributed by atoms with E-state index < -0.39 is 0 Å². The number of amides is 1. The summed E-state index contributed by atoms with van der Waals surface area (Å²) in [6.45, 7) is 1.71. The number of nitrogens with one attached hydrogen (secondary N) is 1. The maximum absolute atomic E-state index is 11.6. The molecule has 98 valence electrons. The van der Waals surface area contributed by atoms with Gasteiger partial charge in [-0.2, -0.15) is 0 Å². The highest BCUT2D eigenvalue weighted by molar-refractivity contribution is 5.76. The molecule has 0 saturated carbocycles. The molecule has 0 aromatic heterocycles. The summed E-state index contributed by atoms with van der Waals surface area (Å²) in [4.78, 5) is 24.8. The van der Waals surface area contributed by atoms with Crippen molar-refractivity contribution in [3.63, 3.8) is 0 Å². The Morgan fingerprint density at radius 3 is 2.82 bits per heavy atom. The van der Waals surface area contributed by atoms with E-state index in [1.807, 2.05) is 0 Å². The van der Waals surface area contributed by atoms with Gasteiger partial charge < -0.3 is 10.1 Å². The van der Waals surface area contributed by atoms with Gasteiger partial charge in [0, 0.05) is 13.5 Å². The number of piperidine rings is 1. The number of hydrogen-bond donors (Lipinski definition) is 1. The highest BCUT2D eigenvalue weighted by Gasteiger charge is 2.28. The maximum atomic E-state index is 11.6. The maximum Gasteiger partial charge on any atom is 0.323 e. The summed E-state index contributed by atoms with van der Waals surface area (Å²) in [5, 5.41) is 2.60. The van der Waals surface area contributed by atoms with Crippen LogP contribution in [0.5, 0.6) is 0 Å². The van der Waals surface area contributed by atoms with Crippen LogP contribution in [-0.2, 0) is 14.3 Å². The second kappa shape index (κ2) is 7.27. The third kappa shape index (κ3) is 4.34. The van der Waals surface area contributed by atoms with Crippen molar-refractivity contribution in [3.8, 4) is 0 Å². The third-order valence-electron chi connectivity index (χ3n) is 3.21. The summed E-state index contributed by atoms with van der Waals surface area (Å²) in [6, 6.07) is -0.113. The van der Waals surface area contributed by atoms with E-state index in [2.05, 4.69) is 10.2 Å². The van der Waals surface area contributed by atoms with Crippen molar-refractivity contribution in [2.24, 2.45) is 0 Å². The van der Waals surface area contributed by atoms with Gasteiger partial charge >= 0.3 is 5.97 Å². The molecule has 1 unspecified atom stereocenters. The van der Waals surface area contributed by atoms with Crippen molar-refractivity contribution in [2.75, 3.05) is 27.2 Å². The molecule has 1 amide bonds. The molecule has 1 fully saturated rings. The summed E-state index contributed by atoms with van der Waals surface area (Å²) in [7, 11) is 3.07. The van der Waals surface area contributed by atoms with Crippen LogP contribution in [0.2, 0.25) is 0 Å². The smallest absolute Gasteiger partial charge is 0.323 e. The van der Waals surface area contributed by atoms with Gasteiger partial charge in [-0.3, -0.25) is 14.5 Å². The fourth-order valence-corrected chi connectivity index (χ4v) is 2.23. The predicted molar refractivity (Wildman–Crippen MR) is 64.5 cm³/mol. The molecule has 1 aliphatic rings. The predicted octanol–water partition coefficient (Wildman–Crippen LogP) is 0.540. The molecule has 0 bridgehead atoms. The Bertz CT molecular complexity index is 268. The monoisotopic (exact) mass is 242 g/mol. The van der Waals surface area contributed by atoms with E-state index in [-0.39, 0.29) is 17.9 Å². The van der Waals surface area contributed by atoms with E-state index in [0.717, 1.165) is 38.8 Å². The number of carbonyl (C=O) groups is 2. The van der Waals surface area contributed by atoms with E-state index >= 15 is 0 Å². The van der Waals surface area contributed by atoms with E-state index in [0.29, 0.717) is 6.42 Å². The lowest BCUT2D eigenvalue weighted by Crippen LogP contribution is -2.45. The Morgan fingerprint density at radius 2 is 2.18 bits per heavy atom. The molecular weight excluding hydrogens is 220 g/mol. The molecule has 1 saturated heterocycles. The van der Waals surface area contributed by atoms with Crippen LogP contribution in [-0.4, -0.2) is 50.1 Å². The Morgan fingerprint density at radius 1 is 1.41 bits per heavy atom. The molecule has 1 N–H and O–H groups in total. The van der Waals surface area contributed by atoms with Gasteiger partial charge in [0.1, 0.15) is 6.04 Å². The van der Waals surface area contributed by atoms with Gasteiger partial charge in [0.2, 0.25) is 5.91 Å². The first-order valence-corrected chi connectivity index (χ1v) is 6.21. The fourth-order valence-electron chi connectivity index (χ4n) is 2.23. The number of rotatable bonds is 5. The number of hydrogen-bond acceptors (Lipinski definition) is 4. The number of methoxy groups -OCH3 is 1. The van der Waals surface area contributed by atoms with Crippen LogP contribution >= 0.6 is 0 Å². The summed E-state index contributed by atoms with van der Waals surface area (Å²) < 4.78 is 4.81. The normalized spacial score (nSPS) is 20.9. The van der Waals surface area contributed by atoms with Gasteiger partial charge in [-0.1, -0.05) is 6.42 Å². The second-order valence-corrected chi connectivity index (χ2v) is 4.35. The lowest BCUT2D eigenvalue weighted by atomic mass is 10.0. The van der Waals surface area contributed by atoms with Gasteiger partial charge in [-0.15, -0.1) is 0 Å². The number of carbonyl (C=O) groups excluding carboxylic acids is 2. The van der Waals surface area contributed by atoms with Crippen LogP contribution < -0.4 is 5.32 Å². The zero-order valence-electron chi connectivity index (χ0n) is 10.7. The number of ether oxygens (including phenoxy) is 1. The van der Waals surface area contributed by atoms with Gasteiger partial charge in [-0.25, -0.2) is 0 Å². The van der Waals surface area contributed by atoms with Crippen molar-refractivity contribution in [2.45, 2.75) is 38.1 Å². The molecule has 1 atom stereocenters. The average molecular weight is 242 g/mol. The third-order valence-corrected chi connectivity index (χ3v) is 3.21. The molecule has 0 spiro atoms. The zero-order valence-corrected chi connectivity index (χ0v) is 10.7. The van der Waals surface area contributed by atoms with Crippen LogP contribution in [0.15, 0.2) is 0 Å². The molecule has 17 heavy (non-hydrogen) atoms. The Balaban J connectivity index is 2.37. The fraction of sp³-hybridized carbons (Fsp3) is 0.833. The molecule has 0 aliphatic carbocycles. The molecule has 5 heteroatoms. The second-order valence-electron chi connectivity index (χ2n) is 4.35. The SMILES string of the molecule is CNC(=O)CCCN1CCCCC1C(=O)OC. The largest absolute Gasteiger partial charge is 0.468 e. The molecule has 0 aromatic rings. The summed E-state index contributed by atoms with van der Waals surface area (Å²) >= 11 is 0. The number of likely N-dealkylation sites (tertiary alicyclic amines) is 1. The van der Waals surface area contributed by atoms with Crippen LogP contribution in [0.25, 0.3) is 0 Å². The highest BCUT2D eigenvalue weighted by atomic mass is 16.5. The van der Waals surface area contributed by atoms with Crippen LogP contribution in [0.4, 0.5) is 0 Å². The van der Waals surface area contributed by atoms with Gasteiger partial charge in [-0.05, 0) is 32.4 Å². The first-order chi connectivity index (χ1) is 8.19. The summed E-state index contributed by atoms with van der Waals surface area (Å²) in [5.74, 6) is -0.0960. The minimum absolute atomic E-state index is 0.0524. The van der Waals surface area contributed by atoms with E-state index in [1.165, 1.54) is 7.11 Å². The lowest BCUT2D eigenvalue weighted by Gasteiger charge is -2.33. The van der Waals surface area contributed by atoms with Crippen molar-refractivity contribution >= 4 is 11.9 Å². The Kier molecular flexibility index (Phi) is 5.97. The Hall–Kier alpha value is -1.10. The van der Waals surface area contributed by atoms with E-state index in [4.69, 9.17) is 4.74 Å². The topological polar surface area (TPSA) is 58.6 Å². The molecular formula is C12H22N2O3.